The molecule has 0 saturated heterocycles. The third-order valence-corrected chi connectivity index (χ3v) is 1.64. The van der Waals surface area contributed by atoms with E-state index in [1.54, 1.807) is 0 Å². The largest absolute Gasteiger partial charge is 1.00 e. The van der Waals surface area contributed by atoms with E-state index in [2.05, 4.69) is 51.1 Å². The summed E-state index contributed by atoms with van der Waals surface area (Å²) in [7, 11) is -18.0. The number of hydrogen-bond acceptors (Lipinski definition) is 0. The molecule has 0 atom stereocenters. The third-order valence-electron chi connectivity index (χ3n) is 1.64. The molecule has 0 radical (unpaired) electrons. The molecule has 0 nitrogen and oxygen atoms in total. The number of rotatable bonds is 0. The first-order valence-electron chi connectivity index (χ1n) is 6.28. The number of halogens is 12. The van der Waals surface area contributed by atoms with Crippen molar-refractivity contribution in [1.82, 2.24) is 0 Å². The molecule has 0 fully saturated rings. The fourth-order valence-corrected chi connectivity index (χ4v) is 0.938. The second-order valence-corrected chi connectivity index (χ2v) is 5.10. The van der Waals surface area contributed by atoms with Crippen LogP contribution in [-0.4, -0.2) is 21.8 Å². The molecular weight excluding hydrogens is 420 g/mol. The molecule has 152 valence electrons. The standard InChI is InChI=1S/C10H14.3BF4.K.H/c1-10(2,3)9-7-5-4-6-8-9;3*2-1(3,4)5;;/h4-8H,1-3H3;;;;;/q;3*-1;+1;-1. The molecule has 0 aliphatic heterocycles. The Hall–Kier alpha value is 0.211. The Morgan fingerprint density at radius 3 is 0.885 bits per heavy atom. The van der Waals surface area contributed by atoms with Crippen molar-refractivity contribution in [2.75, 3.05) is 0 Å². The first kappa shape index (κ1) is 33.8. The van der Waals surface area contributed by atoms with Gasteiger partial charge in [0.15, 0.2) is 0 Å². The minimum absolute atomic E-state index is 0. The summed E-state index contributed by atoms with van der Waals surface area (Å²) in [5.41, 5.74) is 1.69. The van der Waals surface area contributed by atoms with Crippen molar-refractivity contribution in [3.05, 3.63) is 35.9 Å². The molecule has 0 spiro atoms. The smallest absolute Gasteiger partial charge is 1.00 e. The molecule has 0 saturated carbocycles. The van der Waals surface area contributed by atoms with Crippen LogP contribution in [0.1, 0.15) is 27.8 Å². The molecule has 1 rings (SSSR count). The zero-order valence-corrected chi connectivity index (χ0v) is 17.3. The first-order chi connectivity index (χ1) is 10.6. The van der Waals surface area contributed by atoms with Gasteiger partial charge in [0, 0.05) is 0 Å². The molecule has 0 unspecified atom stereocenters. The summed E-state index contributed by atoms with van der Waals surface area (Å²) in [4.78, 5) is 0. The molecule has 16 heteroatoms. The number of benzene rings is 1. The molecule has 0 bridgehead atoms. The predicted molar refractivity (Wildman–Crippen MR) is 76.8 cm³/mol. The fourth-order valence-electron chi connectivity index (χ4n) is 0.938. The second kappa shape index (κ2) is 14.2. The van der Waals surface area contributed by atoms with E-state index in [4.69, 9.17) is 0 Å². The topological polar surface area (TPSA) is 0 Å². The summed E-state index contributed by atoms with van der Waals surface area (Å²) in [5.74, 6) is 0. The normalized spacial score (nSPS) is 11.3. The minimum Gasteiger partial charge on any atom is -1.00 e. The van der Waals surface area contributed by atoms with Gasteiger partial charge < -0.3 is 53.2 Å². The molecule has 0 aromatic heterocycles. The van der Waals surface area contributed by atoms with Crippen LogP contribution in [0, 0.1) is 0 Å². The van der Waals surface area contributed by atoms with Crippen LogP contribution in [0.5, 0.6) is 0 Å². The summed E-state index contributed by atoms with van der Waals surface area (Å²) in [6, 6.07) is 10.6. The SMILES string of the molecule is CC(C)(C)c1ccccc1.F[B-](F)(F)F.F[B-](F)(F)F.F[B-](F)(F)F.[H-].[K+]. The summed E-state index contributed by atoms with van der Waals surface area (Å²) < 4.78 is 117. The third kappa shape index (κ3) is 64.6. The van der Waals surface area contributed by atoms with E-state index in [1.165, 1.54) is 5.56 Å². The molecular formula is C10H15B3F12K-3. The van der Waals surface area contributed by atoms with Gasteiger partial charge >= 0.3 is 73.1 Å². The molecule has 1 aromatic rings. The van der Waals surface area contributed by atoms with Crippen molar-refractivity contribution in [3.63, 3.8) is 0 Å². The van der Waals surface area contributed by atoms with Crippen LogP contribution in [0.25, 0.3) is 0 Å². The average Bonchev–Trinajstić information content (AvgIpc) is 2.22. The van der Waals surface area contributed by atoms with E-state index in [0.717, 1.165) is 0 Å². The van der Waals surface area contributed by atoms with Gasteiger partial charge in [-0.25, -0.2) is 0 Å². The molecule has 1 aromatic carbocycles. The van der Waals surface area contributed by atoms with Gasteiger partial charge in [-0.05, 0) is 11.0 Å². The van der Waals surface area contributed by atoms with E-state index in [9.17, 15) is 51.8 Å². The van der Waals surface area contributed by atoms with Gasteiger partial charge in [-0.1, -0.05) is 51.1 Å². The minimum atomic E-state index is -6.00. The van der Waals surface area contributed by atoms with Crippen LogP contribution in [0.15, 0.2) is 30.3 Å². The van der Waals surface area contributed by atoms with Crippen LogP contribution in [-0.2, 0) is 5.41 Å². The van der Waals surface area contributed by atoms with Gasteiger partial charge in [0.05, 0.1) is 0 Å². The summed E-state index contributed by atoms with van der Waals surface area (Å²) in [6.45, 7) is 6.67. The van der Waals surface area contributed by atoms with E-state index >= 15 is 0 Å². The van der Waals surface area contributed by atoms with E-state index in [-0.39, 0.29) is 52.8 Å². The maximum Gasteiger partial charge on any atom is 1.00 e. The Balaban J connectivity index is -0.0000000831. The average molecular weight is 435 g/mol. The molecule has 0 amide bonds. The fraction of sp³-hybridized carbons (Fsp3) is 0.400. The van der Waals surface area contributed by atoms with Crippen molar-refractivity contribution in [2.24, 2.45) is 0 Å². The Morgan fingerprint density at radius 1 is 0.577 bits per heavy atom. The van der Waals surface area contributed by atoms with E-state index < -0.39 is 21.8 Å². The summed E-state index contributed by atoms with van der Waals surface area (Å²) in [5, 5.41) is 0. The Morgan fingerprint density at radius 2 is 0.769 bits per heavy atom. The van der Waals surface area contributed by atoms with Gasteiger partial charge in [0.25, 0.3) is 0 Å². The molecule has 0 N–H and O–H groups in total. The maximum atomic E-state index is 9.75. The maximum absolute atomic E-state index is 9.75. The second-order valence-electron chi connectivity index (χ2n) is 5.10. The van der Waals surface area contributed by atoms with Crippen LogP contribution in [0.3, 0.4) is 0 Å². The molecule has 0 aliphatic rings. The quantitative estimate of drug-likeness (QED) is 0.428. The Bertz CT molecular complexity index is 397. The van der Waals surface area contributed by atoms with Crippen LogP contribution >= 0.6 is 0 Å². The first-order valence-corrected chi connectivity index (χ1v) is 6.28. The Labute approximate surface area is 187 Å². The number of hydrogen-bond donors (Lipinski definition) is 0. The van der Waals surface area contributed by atoms with Gasteiger partial charge in [-0.2, -0.15) is 0 Å². The van der Waals surface area contributed by atoms with Crippen molar-refractivity contribution >= 4 is 21.8 Å². The summed E-state index contributed by atoms with van der Waals surface area (Å²) >= 11 is 0. The van der Waals surface area contributed by atoms with Crippen LogP contribution in [0.4, 0.5) is 51.8 Å². The van der Waals surface area contributed by atoms with Crippen molar-refractivity contribution < 1.29 is 105 Å². The predicted octanol–water partition coefficient (Wildman–Crippen LogP) is 4.00. The monoisotopic (exact) mass is 435 g/mol. The Kier molecular flexibility index (Phi) is 18.5. The van der Waals surface area contributed by atoms with Gasteiger partial charge in [0.2, 0.25) is 0 Å². The van der Waals surface area contributed by atoms with Crippen LogP contribution < -0.4 is 51.4 Å². The van der Waals surface area contributed by atoms with Gasteiger partial charge in [0.1, 0.15) is 0 Å². The molecule has 0 heterocycles. The van der Waals surface area contributed by atoms with E-state index in [0.29, 0.717) is 5.41 Å². The van der Waals surface area contributed by atoms with E-state index in [1.807, 2.05) is 0 Å². The van der Waals surface area contributed by atoms with Gasteiger partial charge in [-0.3, -0.25) is 0 Å². The summed E-state index contributed by atoms with van der Waals surface area (Å²) in [6.07, 6.45) is 0. The van der Waals surface area contributed by atoms with Crippen molar-refractivity contribution in [2.45, 2.75) is 26.2 Å². The van der Waals surface area contributed by atoms with Crippen molar-refractivity contribution in [1.29, 1.82) is 0 Å². The molecule has 26 heavy (non-hydrogen) atoms. The molecule has 0 aliphatic carbocycles. The van der Waals surface area contributed by atoms with Crippen LogP contribution in [0.2, 0.25) is 0 Å². The van der Waals surface area contributed by atoms with Crippen molar-refractivity contribution in [3.8, 4) is 0 Å². The zero-order valence-electron chi connectivity index (χ0n) is 15.2. The zero-order chi connectivity index (χ0) is 21.1. The van der Waals surface area contributed by atoms with Gasteiger partial charge in [-0.15, -0.1) is 0 Å².